The number of aromatic nitrogens is 2. The van der Waals surface area contributed by atoms with Crippen molar-refractivity contribution in [2.45, 2.75) is 25.9 Å². The highest BCUT2D eigenvalue weighted by Crippen LogP contribution is 2.42. The lowest BCUT2D eigenvalue weighted by Crippen LogP contribution is -2.36. The number of nitrogen functional groups attached to an aromatic ring is 1. The summed E-state index contributed by atoms with van der Waals surface area (Å²) in [4.78, 5) is 34.4. The third-order valence-corrected chi connectivity index (χ3v) is 7.26. The summed E-state index contributed by atoms with van der Waals surface area (Å²) in [7, 11) is 0. The first-order chi connectivity index (χ1) is 14.2. The second-order valence-corrected chi connectivity index (χ2v) is 9.04. The molecule has 1 amide bonds. The molecule has 4 rings (SSSR count). The molecule has 0 saturated carbocycles. The summed E-state index contributed by atoms with van der Waals surface area (Å²) in [5.41, 5.74) is 13.6. The number of anilines is 1. The standard InChI is InChI=1S/C19H17ClN4O4S2/c1-8-11-13(21)14(17(25)28-19(4-5-19)18(22)26)30-16(11)24-15(12(8)20)27-6-3-10-9(2)23-7-29-10/h4-5,7H,3,6,21H2,1-2H3,(H2,22,26). The molecule has 0 unspecified atom stereocenters. The second kappa shape index (κ2) is 7.53. The normalized spacial score (nSPS) is 14.1. The van der Waals surface area contributed by atoms with Crippen LogP contribution in [0.2, 0.25) is 5.02 Å². The summed E-state index contributed by atoms with van der Waals surface area (Å²) in [6.45, 7) is 4.10. The quantitative estimate of drug-likeness (QED) is 0.405. The number of rotatable bonds is 7. The Hall–Kier alpha value is -2.69. The molecule has 0 spiro atoms. The van der Waals surface area contributed by atoms with Crippen LogP contribution in [0.3, 0.4) is 0 Å². The monoisotopic (exact) mass is 464 g/mol. The predicted octanol–water partition coefficient (Wildman–Crippen LogP) is 3.18. The van der Waals surface area contributed by atoms with Gasteiger partial charge in [0.05, 0.1) is 23.5 Å². The maximum atomic E-state index is 12.6. The number of hydrogen-bond donors (Lipinski definition) is 2. The second-order valence-electron chi connectivity index (χ2n) is 6.72. The number of hydrogen-bond acceptors (Lipinski definition) is 9. The number of halogens is 1. The summed E-state index contributed by atoms with van der Waals surface area (Å²) in [6.07, 6.45) is 3.50. The molecule has 11 heteroatoms. The van der Waals surface area contributed by atoms with Gasteiger partial charge in [0.25, 0.3) is 5.91 Å². The molecule has 3 aromatic rings. The Labute approximate surface area is 184 Å². The van der Waals surface area contributed by atoms with Gasteiger partial charge < -0.3 is 20.9 Å². The number of amides is 1. The van der Waals surface area contributed by atoms with Crippen molar-refractivity contribution in [3.63, 3.8) is 0 Å². The van der Waals surface area contributed by atoms with Gasteiger partial charge in [0, 0.05) is 16.7 Å². The molecule has 0 fully saturated rings. The number of carbonyl (C=O) groups is 2. The fourth-order valence-electron chi connectivity index (χ4n) is 2.90. The smallest absolute Gasteiger partial charge is 0.352 e. The van der Waals surface area contributed by atoms with Crippen LogP contribution < -0.4 is 16.2 Å². The molecule has 0 saturated heterocycles. The van der Waals surface area contributed by atoms with Crippen molar-refractivity contribution in [3.05, 3.63) is 43.7 Å². The largest absolute Gasteiger partial charge is 0.476 e. The maximum Gasteiger partial charge on any atom is 0.352 e. The molecule has 1 aliphatic rings. The molecule has 30 heavy (non-hydrogen) atoms. The molecule has 3 heterocycles. The van der Waals surface area contributed by atoms with E-state index in [-0.39, 0.29) is 16.4 Å². The molecule has 3 aromatic heterocycles. The lowest BCUT2D eigenvalue weighted by molar-refractivity contribution is -0.127. The van der Waals surface area contributed by atoms with Gasteiger partial charge in [-0.15, -0.1) is 22.7 Å². The van der Waals surface area contributed by atoms with Crippen LogP contribution in [0.5, 0.6) is 5.88 Å². The lowest BCUT2D eigenvalue weighted by Gasteiger charge is -2.12. The topological polar surface area (TPSA) is 130 Å². The first-order valence-corrected chi connectivity index (χ1v) is 10.9. The minimum Gasteiger partial charge on any atom is -0.476 e. The number of carbonyl (C=O) groups excluding carboxylic acids is 2. The highest BCUT2D eigenvalue weighted by molar-refractivity contribution is 7.21. The average molecular weight is 465 g/mol. The van der Waals surface area contributed by atoms with Crippen LogP contribution >= 0.6 is 34.3 Å². The van der Waals surface area contributed by atoms with Gasteiger partial charge >= 0.3 is 5.97 Å². The number of primary amides is 1. The van der Waals surface area contributed by atoms with E-state index in [2.05, 4.69) is 9.97 Å². The van der Waals surface area contributed by atoms with Gasteiger partial charge in [-0.25, -0.2) is 14.8 Å². The predicted molar refractivity (Wildman–Crippen MR) is 116 cm³/mol. The first kappa shape index (κ1) is 20.6. The third-order valence-electron chi connectivity index (χ3n) is 4.74. The van der Waals surface area contributed by atoms with Crippen LogP contribution in [0.1, 0.15) is 25.8 Å². The molecule has 1 aliphatic carbocycles. The lowest BCUT2D eigenvalue weighted by atomic mass is 10.1. The van der Waals surface area contributed by atoms with E-state index in [9.17, 15) is 9.59 Å². The molecule has 0 atom stereocenters. The number of nitrogens with zero attached hydrogens (tertiary/aromatic N) is 2. The van der Waals surface area contributed by atoms with E-state index in [1.54, 1.807) is 23.8 Å². The van der Waals surface area contributed by atoms with Crippen LogP contribution in [-0.4, -0.2) is 34.1 Å². The molecule has 0 bridgehead atoms. The zero-order chi connectivity index (χ0) is 21.6. The summed E-state index contributed by atoms with van der Waals surface area (Å²) in [5.74, 6) is -1.25. The zero-order valence-electron chi connectivity index (χ0n) is 16.0. The Morgan fingerprint density at radius 1 is 1.30 bits per heavy atom. The minimum atomic E-state index is -1.47. The molecule has 8 nitrogen and oxygen atoms in total. The number of ether oxygens (including phenoxy) is 2. The van der Waals surface area contributed by atoms with Gasteiger partial charge in [-0.2, -0.15) is 0 Å². The summed E-state index contributed by atoms with van der Waals surface area (Å²) in [5, 5.41) is 0.880. The van der Waals surface area contributed by atoms with Crippen molar-refractivity contribution in [2.75, 3.05) is 12.3 Å². The van der Waals surface area contributed by atoms with Gasteiger partial charge in [-0.3, -0.25) is 4.79 Å². The molecule has 0 aliphatic heterocycles. The Morgan fingerprint density at radius 3 is 2.63 bits per heavy atom. The van der Waals surface area contributed by atoms with Crippen molar-refractivity contribution in [2.24, 2.45) is 5.73 Å². The van der Waals surface area contributed by atoms with Crippen molar-refractivity contribution in [1.82, 2.24) is 9.97 Å². The maximum absolute atomic E-state index is 12.6. The van der Waals surface area contributed by atoms with E-state index in [0.717, 1.165) is 21.9 Å². The Kier molecular flexibility index (Phi) is 5.16. The van der Waals surface area contributed by atoms with Crippen molar-refractivity contribution >= 4 is 62.1 Å². The van der Waals surface area contributed by atoms with E-state index in [4.69, 9.17) is 32.5 Å². The van der Waals surface area contributed by atoms with Crippen molar-refractivity contribution in [1.29, 1.82) is 0 Å². The number of thiazole rings is 1. The fourth-order valence-corrected chi connectivity index (χ4v) is 4.87. The number of nitrogens with two attached hydrogens (primary N) is 2. The molecule has 156 valence electrons. The number of pyridine rings is 1. The zero-order valence-corrected chi connectivity index (χ0v) is 18.4. The summed E-state index contributed by atoms with van der Waals surface area (Å²) in [6, 6.07) is 0. The van der Waals surface area contributed by atoms with E-state index in [0.29, 0.717) is 33.8 Å². The molecule has 4 N–H and O–H groups in total. The number of thiophene rings is 1. The van der Waals surface area contributed by atoms with Crippen LogP contribution in [0.4, 0.5) is 5.69 Å². The van der Waals surface area contributed by atoms with Gasteiger partial charge in [-0.1, -0.05) is 11.6 Å². The Morgan fingerprint density at radius 2 is 2.03 bits per heavy atom. The SMILES string of the molecule is Cc1ncsc1CCOc1nc2sc(C(=O)OC3(C(N)=O)C=C3)c(N)c2c(C)c1Cl. The van der Waals surface area contributed by atoms with Gasteiger partial charge in [0.1, 0.15) is 14.7 Å². The van der Waals surface area contributed by atoms with Crippen LogP contribution in [-0.2, 0) is 16.0 Å². The van der Waals surface area contributed by atoms with E-state index >= 15 is 0 Å². The molecule has 0 radical (unpaired) electrons. The molecular weight excluding hydrogens is 448 g/mol. The number of fused-ring (bicyclic) bond motifs is 1. The van der Waals surface area contributed by atoms with Gasteiger partial charge in [0.15, 0.2) is 0 Å². The highest BCUT2D eigenvalue weighted by Gasteiger charge is 2.45. The number of esters is 1. The molecule has 0 aromatic carbocycles. The van der Waals surface area contributed by atoms with Crippen LogP contribution in [0.15, 0.2) is 17.7 Å². The fraction of sp³-hybridized carbons (Fsp3) is 0.263. The molecular formula is C19H17ClN4O4S2. The average Bonchev–Trinajstić information content (AvgIpc) is 3.25. The Bertz CT molecular complexity index is 1210. The van der Waals surface area contributed by atoms with E-state index < -0.39 is 17.5 Å². The van der Waals surface area contributed by atoms with Crippen LogP contribution in [0, 0.1) is 13.8 Å². The van der Waals surface area contributed by atoms with Crippen molar-refractivity contribution in [3.8, 4) is 5.88 Å². The minimum absolute atomic E-state index is 0.128. The van der Waals surface area contributed by atoms with Crippen molar-refractivity contribution < 1.29 is 19.1 Å². The number of aryl methyl sites for hydroxylation is 2. The van der Waals surface area contributed by atoms with Gasteiger partial charge in [0.2, 0.25) is 11.5 Å². The highest BCUT2D eigenvalue weighted by atomic mass is 35.5. The van der Waals surface area contributed by atoms with E-state index in [1.165, 1.54) is 12.2 Å². The third kappa shape index (κ3) is 3.51. The summed E-state index contributed by atoms with van der Waals surface area (Å²) < 4.78 is 11.0. The van der Waals surface area contributed by atoms with E-state index in [1.807, 2.05) is 6.92 Å². The van der Waals surface area contributed by atoms with Gasteiger partial charge in [-0.05, 0) is 31.6 Å². The first-order valence-electron chi connectivity index (χ1n) is 8.87. The Balaban J connectivity index is 1.59. The summed E-state index contributed by atoms with van der Waals surface area (Å²) >= 11 is 9.06. The van der Waals surface area contributed by atoms with Crippen LogP contribution in [0.25, 0.3) is 10.2 Å².